The van der Waals surface area contributed by atoms with Crippen molar-refractivity contribution in [1.29, 1.82) is 0 Å². The molecule has 5 nitrogen and oxygen atoms in total. The number of piperidine rings is 1. The van der Waals surface area contributed by atoms with Crippen molar-refractivity contribution < 1.29 is 9.59 Å². The van der Waals surface area contributed by atoms with Crippen LogP contribution in [0, 0.1) is 12.8 Å². The molecule has 3 rings (SSSR count). The van der Waals surface area contributed by atoms with E-state index >= 15 is 0 Å². The summed E-state index contributed by atoms with van der Waals surface area (Å²) < 4.78 is 0. The monoisotopic (exact) mass is 421 g/mol. The van der Waals surface area contributed by atoms with Crippen LogP contribution in [0.4, 0.5) is 11.4 Å². The van der Waals surface area contributed by atoms with E-state index in [-0.39, 0.29) is 17.2 Å². The summed E-state index contributed by atoms with van der Waals surface area (Å²) in [5, 5.41) is 5.96. The van der Waals surface area contributed by atoms with Gasteiger partial charge in [-0.05, 0) is 79.1 Å². The Hall–Kier alpha value is -2.66. The van der Waals surface area contributed by atoms with Crippen LogP contribution in [0.25, 0.3) is 0 Å². The number of benzene rings is 2. The van der Waals surface area contributed by atoms with Gasteiger partial charge in [0, 0.05) is 23.5 Å². The molecule has 5 heteroatoms. The molecule has 1 heterocycles. The van der Waals surface area contributed by atoms with Gasteiger partial charge in [-0.15, -0.1) is 0 Å². The number of anilines is 2. The second-order valence-corrected chi connectivity index (χ2v) is 9.84. The molecule has 2 aromatic carbocycles. The van der Waals surface area contributed by atoms with E-state index in [1.54, 1.807) is 0 Å². The lowest BCUT2D eigenvalue weighted by atomic mass is 9.87. The van der Waals surface area contributed by atoms with Crippen molar-refractivity contribution in [3.8, 4) is 0 Å². The van der Waals surface area contributed by atoms with E-state index in [0.717, 1.165) is 30.8 Å². The van der Waals surface area contributed by atoms with Gasteiger partial charge in [-0.1, -0.05) is 39.8 Å². The van der Waals surface area contributed by atoms with E-state index in [4.69, 9.17) is 0 Å². The Morgan fingerprint density at radius 3 is 2.39 bits per heavy atom. The highest BCUT2D eigenvalue weighted by Crippen LogP contribution is 2.24. The summed E-state index contributed by atoms with van der Waals surface area (Å²) in [6.07, 6.45) is 2.39. The zero-order valence-corrected chi connectivity index (χ0v) is 19.4. The second-order valence-electron chi connectivity index (χ2n) is 9.84. The molecule has 0 aromatic heterocycles. The minimum absolute atomic E-state index is 0.00734. The first kappa shape index (κ1) is 23.0. The molecule has 2 N–H and O–H groups in total. The van der Waals surface area contributed by atoms with Gasteiger partial charge >= 0.3 is 0 Å². The fourth-order valence-corrected chi connectivity index (χ4v) is 4.03. The van der Waals surface area contributed by atoms with Crippen molar-refractivity contribution in [3.63, 3.8) is 0 Å². The number of rotatable bonds is 5. The molecule has 2 aromatic rings. The van der Waals surface area contributed by atoms with Crippen LogP contribution in [0.3, 0.4) is 0 Å². The molecule has 2 amide bonds. The Labute approximate surface area is 186 Å². The Morgan fingerprint density at radius 1 is 1.06 bits per heavy atom. The average molecular weight is 422 g/mol. The van der Waals surface area contributed by atoms with Gasteiger partial charge in [0.25, 0.3) is 5.91 Å². The molecule has 166 valence electrons. The number of likely N-dealkylation sites (tertiary alicyclic amines) is 1. The molecular formula is C26H35N3O2. The average Bonchev–Trinajstić information content (AvgIpc) is 2.69. The number of aryl methyl sites for hydroxylation is 1. The Balaban J connectivity index is 1.58. The molecule has 31 heavy (non-hydrogen) atoms. The summed E-state index contributed by atoms with van der Waals surface area (Å²) in [7, 11) is 0. The van der Waals surface area contributed by atoms with E-state index in [2.05, 4.69) is 43.2 Å². The van der Waals surface area contributed by atoms with Crippen molar-refractivity contribution in [1.82, 2.24) is 4.90 Å². The number of hydrogen-bond acceptors (Lipinski definition) is 3. The van der Waals surface area contributed by atoms with Crippen LogP contribution in [0.5, 0.6) is 0 Å². The Kier molecular flexibility index (Phi) is 7.16. The molecule has 0 saturated carbocycles. The van der Waals surface area contributed by atoms with Gasteiger partial charge in [0.15, 0.2) is 0 Å². The third kappa shape index (κ3) is 6.41. The predicted octanol–water partition coefficient (Wildman–Crippen LogP) is 5.22. The first-order valence-corrected chi connectivity index (χ1v) is 11.2. The number of amides is 2. The summed E-state index contributed by atoms with van der Waals surface area (Å²) in [6, 6.07) is 13.3. The molecule has 1 atom stereocenters. The zero-order chi connectivity index (χ0) is 22.6. The fraction of sp³-hybridized carbons (Fsp3) is 0.462. The van der Waals surface area contributed by atoms with Gasteiger partial charge in [-0.25, -0.2) is 0 Å². The highest BCUT2D eigenvalue weighted by Gasteiger charge is 2.19. The molecule has 1 unspecified atom stereocenters. The van der Waals surface area contributed by atoms with Crippen LogP contribution < -0.4 is 10.6 Å². The lowest BCUT2D eigenvalue weighted by Gasteiger charge is -2.30. The molecule has 1 fully saturated rings. The molecule has 1 aliphatic rings. The van der Waals surface area contributed by atoms with Crippen molar-refractivity contribution in [2.75, 3.05) is 30.3 Å². The zero-order valence-electron chi connectivity index (χ0n) is 19.4. The van der Waals surface area contributed by atoms with Gasteiger partial charge in [-0.3, -0.25) is 14.5 Å². The normalized spacial score (nSPS) is 17.3. The van der Waals surface area contributed by atoms with Crippen molar-refractivity contribution in [3.05, 3.63) is 59.2 Å². The standard InChI is InChI=1S/C26H35N3O2/c1-18-7-6-14-29(16-18)17-24(30)28-23-13-12-22(15-19(23)2)27-25(31)20-8-10-21(11-9-20)26(3,4)5/h8-13,15,18H,6-7,14,16-17H2,1-5H3,(H,27,31)(H,28,30). The highest BCUT2D eigenvalue weighted by atomic mass is 16.2. The van der Waals surface area contributed by atoms with E-state index < -0.39 is 0 Å². The summed E-state index contributed by atoms with van der Waals surface area (Å²) in [5.74, 6) is 0.514. The maximum absolute atomic E-state index is 12.6. The maximum atomic E-state index is 12.6. The van der Waals surface area contributed by atoms with Gasteiger partial charge < -0.3 is 10.6 Å². The summed E-state index contributed by atoms with van der Waals surface area (Å²) >= 11 is 0. The van der Waals surface area contributed by atoms with Crippen LogP contribution in [0.15, 0.2) is 42.5 Å². The largest absolute Gasteiger partial charge is 0.325 e. The molecule has 0 aliphatic carbocycles. The number of carbonyl (C=O) groups is 2. The van der Waals surface area contributed by atoms with Crippen LogP contribution in [-0.4, -0.2) is 36.3 Å². The summed E-state index contributed by atoms with van der Waals surface area (Å²) in [4.78, 5) is 27.3. The van der Waals surface area contributed by atoms with E-state index in [1.165, 1.54) is 12.0 Å². The topological polar surface area (TPSA) is 61.4 Å². The van der Waals surface area contributed by atoms with Crippen LogP contribution in [-0.2, 0) is 10.2 Å². The third-order valence-electron chi connectivity index (χ3n) is 5.88. The fourth-order valence-electron chi connectivity index (χ4n) is 4.03. The van der Waals surface area contributed by atoms with Crippen molar-refractivity contribution in [2.45, 2.75) is 52.9 Å². The minimum Gasteiger partial charge on any atom is -0.325 e. The van der Waals surface area contributed by atoms with Crippen LogP contribution in [0.2, 0.25) is 0 Å². The molecule has 0 bridgehead atoms. The highest BCUT2D eigenvalue weighted by molar-refractivity contribution is 6.04. The van der Waals surface area contributed by atoms with Gasteiger partial charge in [0.2, 0.25) is 5.91 Å². The maximum Gasteiger partial charge on any atom is 0.255 e. The lowest BCUT2D eigenvalue weighted by molar-refractivity contribution is -0.117. The van der Waals surface area contributed by atoms with Crippen molar-refractivity contribution >= 4 is 23.2 Å². The van der Waals surface area contributed by atoms with E-state index in [9.17, 15) is 9.59 Å². The first-order chi connectivity index (χ1) is 14.6. The van der Waals surface area contributed by atoms with E-state index in [0.29, 0.717) is 23.7 Å². The Bertz CT molecular complexity index is 929. The number of carbonyl (C=O) groups excluding carboxylic acids is 2. The molecular weight excluding hydrogens is 386 g/mol. The molecule has 1 saturated heterocycles. The lowest BCUT2D eigenvalue weighted by Crippen LogP contribution is -2.39. The SMILES string of the molecule is Cc1cc(NC(=O)c2ccc(C(C)(C)C)cc2)ccc1NC(=O)CN1CCCC(C)C1. The van der Waals surface area contributed by atoms with Crippen molar-refractivity contribution in [2.24, 2.45) is 5.92 Å². The first-order valence-electron chi connectivity index (χ1n) is 11.2. The molecule has 0 spiro atoms. The van der Waals surface area contributed by atoms with Gasteiger partial charge in [-0.2, -0.15) is 0 Å². The smallest absolute Gasteiger partial charge is 0.255 e. The van der Waals surface area contributed by atoms with Crippen LogP contribution in [0.1, 0.15) is 62.0 Å². The third-order valence-corrected chi connectivity index (χ3v) is 5.88. The van der Waals surface area contributed by atoms with Gasteiger partial charge in [0.05, 0.1) is 6.54 Å². The summed E-state index contributed by atoms with van der Waals surface area (Å²) in [6.45, 7) is 13.0. The number of nitrogens with zero attached hydrogens (tertiary/aromatic N) is 1. The summed E-state index contributed by atoms with van der Waals surface area (Å²) in [5.41, 5.74) is 4.28. The van der Waals surface area contributed by atoms with Gasteiger partial charge in [0.1, 0.15) is 0 Å². The molecule has 1 aliphatic heterocycles. The van der Waals surface area contributed by atoms with Crippen LogP contribution >= 0.6 is 0 Å². The predicted molar refractivity (Wildman–Crippen MR) is 128 cm³/mol. The quantitative estimate of drug-likeness (QED) is 0.696. The second kappa shape index (κ2) is 9.65. The number of nitrogens with one attached hydrogen (secondary N) is 2. The Morgan fingerprint density at radius 2 is 1.77 bits per heavy atom. The van der Waals surface area contributed by atoms with E-state index in [1.807, 2.05) is 49.4 Å². The number of hydrogen-bond donors (Lipinski definition) is 2. The molecule has 0 radical (unpaired) electrons. The minimum atomic E-state index is -0.143.